The van der Waals surface area contributed by atoms with Gasteiger partial charge in [0.25, 0.3) is 0 Å². The van der Waals surface area contributed by atoms with Crippen molar-refractivity contribution in [3.63, 3.8) is 0 Å². The van der Waals surface area contributed by atoms with E-state index in [1.165, 1.54) is 0 Å². The molecular weight excluding hydrogens is 294 g/mol. The predicted octanol–water partition coefficient (Wildman–Crippen LogP) is 3.98. The Balaban J connectivity index is 1.74. The number of hydrogen-bond acceptors (Lipinski definition) is 4. The molecule has 4 heteroatoms. The molecule has 1 aliphatic heterocycles. The van der Waals surface area contributed by atoms with Crippen LogP contribution in [0.1, 0.15) is 38.5 Å². The fourth-order valence-corrected chi connectivity index (χ4v) is 4.30. The van der Waals surface area contributed by atoms with E-state index in [2.05, 4.69) is 31.3 Å². The van der Waals surface area contributed by atoms with Crippen molar-refractivity contribution in [2.75, 3.05) is 18.1 Å². The Bertz CT molecular complexity index is 583. The lowest BCUT2D eigenvalue weighted by Crippen LogP contribution is -2.45. The van der Waals surface area contributed by atoms with Crippen LogP contribution in [-0.2, 0) is 0 Å². The van der Waals surface area contributed by atoms with Crippen molar-refractivity contribution in [3.8, 4) is 0 Å². The molecule has 2 N–H and O–H groups in total. The number of para-hydroxylation sites is 1. The molecule has 1 saturated heterocycles. The molecule has 120 valence electrons. The SMILES string of the molecule is CC(C)C(NCC1(O)CCSCC1)c1cc2ccccc2o1. The quantitative estimate of drug-likeness (QED) is 0.875. The summed E-state index contributed by atoms with van der Waals surface area (Å²) in [4.78, 5) is 0. The number of thioether (sulfide) groups is 1. The van der Waals surface area contributed by atoms with Gasteiger partial charge in [-0.25, -0.2) is 0 Å². The summed E-state index contributed by atoms with van der Waals surface area (Å²) in [5.41, 5.74) is 0.363. The number of furan rings is 1. The fraction of sp³-hybridized carbons (Fsp3) is 0.556. The molecule has 1 aliphatic rings. The van der Waals surface area contributed by atoms with Gasteiger partial charge in [-0.2, -0.15) is 11.8 Å². The standard InChI is InChI=1S/C18H25NO2S/c1-13(2)17(19-12-18(20)7-9-22-10-8-18)16-11-14-5-3-4-6-15(14)21-16/h3-6,11,13,17,19-20H,7-10,12H2,1-2H3. The topological polar surface area (TPSA) is 45.4 Å². The van der Waals surface area contributed by atoms with E-state index >= 15 is 0 Å². The van der Waals surface area contributed by atoms with Crippen LogP contribution < -0.4 is 5.32 Å². The first kappa shape index (κ1) is 15.9. The molecule has 0 radical (unpaired) electrons. The Morgan fingerprint density at radius 3 is 2.68 bits per heavy atom. The first-order valence-corrected chi connectivity index (χ1v) is 9.25. The Labute approximate surface area is 136 Å². The van der Waals surface area contributed by atoms with Crippen molar-refractivity contribution >= 4 is 22.7 Å². The van der Waals surface area contributed by atoms with Gasteiger partial charge in [-0.1, -0.05) is 32.0 Å². The van der Waals surface area contributed by atoms with Gasteiger partial charge < -0.3 is 14.8 Å². The molecule has 0 amide bonds. The molecule has 1 fully saturated rings. The van der Waals surface area contributed by atoms with Gasteiger partial charge in [-0.3, -0.25) is 0 Å². The summed E-state index contributed by atoms with van der Waals surface area (Å²) in [6, 6.07) is 10.4. The van der Waals surface area contributed by atoms with Crippen LogP contribution in [0.15, 0.2) is 34.7 Å². The van der Waals surface area contributed by atoms with Gasteiger partial charge >= 0.3 is 0 Å². The minimum absolute atomic E-state index is 0.131. The van der Waals surface area contributed by atoms with Crippen molar-refractivity contribution < 1.29 is 9.52 Å². The molecule has 1 aromatic heterocycles. The molecule has 0 aliphatic carbocycles. The molecule has 2 aromatic rings. The van der Waals surface area contributed by atoms with Crippen molar-refractivity contribution in [3.05, 3.63) is 36.1 Å². The van der Waals surface area contributed by atoms with E-state index in [1.807, 2.05) is 30.0 Å². The monoisotopic (exact) mass is 319 g/mol. The minimum Gasteiger partial charge on any atom is -0.459 e. The molecule has 22 heavy (non-hydrogen) atoms. The molecule has 1 aromatic carbocycles. The smallest absolute Gasteiger partial charge is 0.134 e. The van der Waals surface area contributed by atoms with Crippen LogP contribution in [0.5, 0.6) is 0 Å². The number of benzene rings is 1. The third-order valence-electron chi connectivity index (χ3n) is 4.49. The van der Waals surface area contributed by atoms with Gasteiger partial charge in [-0.15, -0.1) is 0 Å². The van der Waals surface area contributed by atoms with Gasteiger partial charge in [0, 0.05) is 11.9 Å². The zero-order chi connectivity index (χ0) is 15.6. The lowest BCUT2D eigenvalue weighted by Gasteiger charge is -2.34. The number of hydrogen-bond donors (Lipinski definition) is 2. The van der Waals surface area contributed by atoms with Crippen molar-refractivity contribution in [2.45, 2.75) is 38.3 Å². The van der Waals surface area contributed by atoms with Gasteiger partial charge in [0.15, 0.2) is 0 Å². The van der Waals surface area contributed by atoms with E-state index in [1.54, 1.807) is 0 Å². The molecule has 1 unspecified atom stereocenters. The molecule has 0 spiro atoms. The zero-order valence-corrected chi connectivity index (χ0v) is 14.2. The third-order valence-corrected chi connectivity index (χ3v) is 5.48. The molecule has 3 nitrogen and oxygen atoms in total. The fourth-order valence-electron chi connectivity index (χ4n) is 3.05. The van der Waals surface area contributed by atoms with E-state index in [4.69, 9.17) is 4.42 Å². The van der Waals surface area contributed by atoms with Crippen LogP contribution >= 0.6 is 11.8 Å². The average Bonchev–Trinajstić information content (AvgIpc) is 2.91. The summed E-state index contributed by atoms with van der Waals surface area (Å²) in [6.45, 7) is 5.00. The maximum Gasteiger partial charge on any atom is 0.134 e. The average molecular weight is 319 g/mol. The summed E-state index contributed by atoms with van der Waals surface area (Å²) >= 11 is 1.93. The summed E-state index contributed by atoms with van der Waals surface area (Å²) in [5.74, 6) is 3.47. The maximum atomic E-state index is 10.7. The second kappa shape index (κ2) is 6.65. The minimum atomic E-state index is -0.565. The molecule has 1 atom stereocenters. The van der Waals surface area contributed by atoms with E-state index in [0.29, 0.717) is 12.5 Å². The number of fused-ring (bicyclic) bond motifs is 1. The first-order chi connectivity index (χ1) is 10.6. The third kappa shape index (κ3) is 3.50. The number of aliphatic hydroxyl groups is 1. The predicted molar refractivity (Wildman–Crippen MR) is 93.3 cm³/mol. The first-order valence-electron chi connectivity index (χ1n) is 8.09. The van der Waals surface area contributed by atoms with E-state index in [0.717, 1.165) is 41.1 Å². The van der Waals surface area contributed by atoms with Crippen LogP contribution in [0.3, 0.4) is 0 Å². The van der Waals surface area contributed by atoms with Crippen molar-refractivity contribution in [2.24, 2.45) is 5.92 Å². The highest BCUT2D eigenvalue weighted by atomic mass is 32.2. The Hall–Kier alpha value is -0.970. The van der Waals surface area contributed by atoms with Gasteiger partial charge in [0.05, 0.1) is 11.6 Å². The summed E-state index contributed by atoms with van der Waals surface area (Å²) in [5, 5.41) is 15.4. The summed E-state index contributed by atoms with van der Waals surface area (Å²) < 4.78 is 6.02. The van der Waals surface area contributed by atoms with Gasteiger partial charge in [0.1, 0.15) is 11.3 Å². The van der Waals surface area contributed by atoms with Crippen LogP contribution in [0.25, 0.3) is 11.0 Å². The number of rotatable bonds is 5. The van der Waals surface area contributed by atoms with Crippen LogP contribution in [0, 0.1) is 5.92 Å². The summed E-state index contributed by atoms with van der Waals surface area (Å²) in [6.07, 6.45) is 1.74. The largest absolute Gasteiger partial charge is 0.459 e. The van der Waals surface area contributed by atoms with Crippen LogP contribution in [0.2, 0.25) is 0 Å². The van der Waals surface area contributed by atoms with Crippen molar-refractivity contribution in [1.82, 2.24) is 5.32 Å². The van der Waals surface area contributed by atoms with Crippen molar-refractivity contribution in [1.29, 1.82) is 0 Å². The Morgan fingerprint density at radius 1 is 1.27 bits per heavy atom. The molecule has 0 bridgehead atoms. The zero-order valence-electron chi connectivity index (χ0n) is 13.3. The van der Waals surface area contributed by atoms with E-state index in [9.17, 15) is 5.11 Å². The molecule has 0 saturated carbocycles. The second-order valence-electron chi connectivity index (χ2n) is 6.63. The van der Waals surface area contributed by atoms with E-state index in [-0.39, 0.29) is 6.04 Å². The lowest BCUT2D eigenvalue weighted by molar-refractivity contribution is 0.0272. The highest BCUT2D eigenvalue weighted by Gasteiger charge is 2.31. The molecule has 3 rings (SSSR count). The Morgan fingerprint density at radius 2 is 2.00 bits per heavy atom. The van der Waals surface area contributed by atoms with Gasteiger partial charge in [0.2, 0.25) is 0 Å². The second-order valence-corrected chi connectivity index (χ2v) is 7.85. The lowest BCUT2D eigenvalue weighted by atomic mass is 9.94. The number of nitrogens with one attached hydrogen (secondary N) is 1. The van der Waals surface area contributed by atoms with Gasteiger partial charge in [-0.05, 0) is 42.4 Å². The Kier molecular flexibility index (Phi) is 4.81. The van der Waals surface area contributed by atoms with Crippen LogP contribution in [0.4, 0.5) is 0 Å². The molecular formula is C18H25NO2S. The van der Waals surface area contributed by atoms with Crippen LogP contribution in [-0.4, -0.2) is 28.8 Å². The highest BCUT2D eigenvalue weighted by molar-refractivity contribution is 7.99. The normalized spacial score (nSPS) is 19.6. The summed E-state index contributed by atoms with van der Waals surface area (Å²) in [7, 11) is 0. The molecule has 2 heterocycles. The highest BCUT2D eigenvalue weighted by Crippen LogP contribution is 2.31. The van der Waals surface area contributed by atoms with E-state index < -0.39 is 5.60 Å². The maximum absolute atomic E-state index is 10.7.